The van der Waals surface area contributed by atoms with E-state index in [4.69, 9.17) is 9.72 Å². The van der Waals surface area contributed by atoms with Crippen LogP contribution in [0.15, 0.2) is 54.6 Å². The van der Waals surface area contributed by atoms with Gasteiger partial charge in [0.15, 0.2) is 0 Å². The number of fused-ring (bicyclic) bond motifs is 1. The van der Waals surface area contributed by atoms with E-state index in [-0.39, 0.29) is 5.91 Å². The van der Waals surface area contributed by atoms with Crippen LogP contribution in [-0.4, -0.2) is 49.1 Å². The highest BCUT2D eigenvalue weighted by Gasteiger charge is 2.14. The second-order valence-electron chi connectivity index (χ2n) is 8.23. The monoisotopic (exact) mass is 448 g/mol. The van der Waals surface area contributed by atoms with Gasteiger partial charge in [-0.1, -0.05) is 44.9 Å². The number of nitrogens with one attached hydrogen (secondary N) is 2. The quantitative estimate of drug-likeness (QED) is 0.355. The largest absolute Gasteiger partial charge is 0.497 e. The van der Waals surface area contributed by atoms with Crippen molar-refractivity contribution in [3.63, 3.8) is 0 Å². The maximum atomic E-state index is 13.2. The molecule has 2 N–H and O–H groups in total. The average Bonchev–Trinajstić information content (AvgIpc) is 2.85. The summed E-state index contributed by atoms with van der Waals surface area (Å²) >= 11 is 0. The predicted molar refractivity (Wildman–Crippen MR) is 137 cm³/mol. The number of rotatable bonds is 13. The molecule has 0 aliphatic rings. The van der Waals surface area contributed by atoms with Crippen molar-refractivity contribution in [3.05, 3.63) is 60.2 Å². The maximum Gasteiger partial charge on any atom is 0.252 e. The minimum Gasteiger partial charge on any atom is -0.497 e. The summed E-state index contributed by atoms with van der Waals surface area (Å²) in [6, 6.07) is 17.2. The molecule has 1 aromatic heterocycles. The lowest BCUT2D eigenvalue weighted by atomic mass is 10.1. The number of ether oxygens (including phenoxy) is 1. The number of hydrogen-bond acceptors (Lipinski definition) is 5. The Kier molecular flexibility index (Phi) is 9.51. The van der Waals surface area contributed by atoms with Gasteiger partial charge >= 0.3 is 0 Å². The Morgan fingerprint density at radius 2 is 1.67 bits per heavy atom. The molecule has 6 nitrogen and oxygen atoms in total. The smallest absolute Gasteiger partial charge is 0.252 e. The molecule has 2 aromatic carbocycles. The van der Waals surface area contributed by atoms with Crippen LogP contribution in [0.5, 0.6) is 5.75 Å². The average molecular weight is 449 g/mol. The number of nitrogens with zero attached hydrogens (tertiary/aromatic N) is 2. The Labute approximate surface area is 197 Å². The Bertz CT molecular complexity index is 1010. The molecule has 176 valence electrons. The standard InChI is InChI=1S/C27H36N4O2/c1-4-6-17-31(18-7-5-2)19-16-28-27(32)24-20-26(30-25-11-9-8-10-23(24)25)29-21-12-14-22(33-3)15-13-21/h8-15,20H,4-7,16-19H2,1-3H3,(H,28,32)(H,29,30). The zero-order chi connectivity index (χ0) is 23.5. The fourth-order valence-electron chi connectivity index (χ4n) is 3.77. The van der Waals surface area contributed by atoms with Crippen molar-refractivity contribution in [1.82, 2.24) is 15.2 Å². The molecule has 0 radical (unpaired) electrons. The molecule has 0 unspecified atom stereocenters. The first-order chi connectivity index (χ1) is 16.1. The molecule has 1 amide bonds. The van der Waals surface area contributed by atoms with Crippen molar-refractivity contribution in [1.29, 1.82) is 0 Å². The van der Waals surface area contributed by atoms with Crippen LogP contribution < -0.4 is 15.4 Å². The molecule has 0 aliphatic heterocycles. The lowest BCUT2D eigenvalue weighted by molar-refractivity contribution is 0.0949. The number of carbonyl (C=O) groups excluding carboxylic acids is 1. The molecular formula is C27H36N4O2. The molecule has 0 bridgehead atoms. The fourth-order valence-corrected chi connectivity index (χ4v) is 3.77. The number of anilines is 2. The number of aromatic nitrogens is 1. The molecule has 3 aromatic rings. The normalized spacial score (nSPS) is 11.0. The predicted octanol–water partition coefficient (Wildman–Crippen LogP) is 5.62. The van der Waals surface area contributed by atoms with Crippen LogP contribution in [0.3, 0.4) is 0 Å². The SMILES string of the molecule is CCCCN(CCCC)CCNC(=O)c1cc(Nc2ccc(OC)cc2)nc2ccccc12. The summed E-state index contributed by atoms with van der Waals surface area (Å²) in [7, 11) is 1.64. The van der Waals surface area contributed by atoms with E-state index >= 15 is 0 Å². The van der Waals surface area contributed by atoms with Crippen molar-refractivity contribution in [2.75, 3.05) is 38.6 Å². The number of carbonyl (C=O) groups is 1. The van der Waals surface area contributed by atoms with Gasteiger partial charge in [-0.05, 0) is 62.3 Å². The minimum atomic E-state index is -0.0719. The van der Waals surface area contributed by atoms with E-state index in [1.54, 1.807) is 7.11 Å². The summed E-state index contributed by atoms with van der Waals surface area (Å²) in [5, 5.41) is 7.29. The lowest BCUT2D eigenvalue weighted by Gasteiger charge is -2.22. The van der Waals surface area contributed by atoms with Gasteiger partial charge in [-0.2, -0.15) is 0 Å². The second-order valence-corrected chi connectivity index (χ2v) is 8.23. The van der Waals surface area contributed by atoms with Gasteiger partial charge in [0, 0.05) is 24.2 Å². The molecule has 0 aliphatic carbocycles. The lowest BCUT2D eigenvalue weighted by Crippen LogP contribution is -2.36. The van der Waals surface area contributed by atoms with E-state index in [9.17, 15) is 4.79 Å². The van der Waals surface area contributed by atoms with Crippen molar-refractivity contribution in [2.45, 2.75) is 39.5 Å². The molecule has 33 heavy (non-hydrogen) atoms. The molecule has 0 saturated heterocycles. The molecular weight excluding hydrogens is 412 g/mol. The fraction of sp³-hybridized carbons (Fsp3) is 0.407. The molecule has 6 heteroatoms. The summed E-state index contributed by atoms with van der Waals surface area (Å²) in [6.45, 7) is 8.09. The van der Waals surface area contributed by atoms with E-state index in [0.717, 1.165) is 42.0 Å². The van der Waals surface area contributed by atoms with Gasteiger partial charge < -0.3 is 20.3 Å². The molecule has 0 saturated carbocycles. The van der Waals surface area contributed by atoms with Gasteiger partial charge in [-0.25, -0.2) is 4.98 Å². The van der Waals surface area contributed by atoms with E-state index in [2.05, 4.69) is 29.4 Å². The van der Waals surface area contributed by atoms with Gasteiger partial charge in [-0.15, -0.1) is 0 Å². The highest BCUT2D eigenvalue weighted by Crippen LogP contribution is 2.24. The van der Waals surface area contributed by atoms with Crippen LogP contribution in [-0.2, 0) is 0 Å². The van der Waals surface area contributed by atoms with Gasteiger partial charge in [0.1, 0.15) is 11.6 Å². The zero-order valence-corrected chi connectivity index (χ0v) is 20.1. The van der Waals surface area contributed by atoms with Gasteiger partial charge in [0.25, 0.3) is 5.91 Å². The summed E-state index contributed by atoms with van der Waals surface area (Å²) in [6.07, 6.45) is 4.74. The Balaban J connectivity index is 1.72. The molecule has 1 heterocycles. The number of unbranched alkanes of at least 4 members (excludes halogenated alkanes) is 2. The topological polar surface area (TPSA) is 66.5 Å². The van der Waals surface area contributed by atoms with Crippen LogP contribution >= 0.6 is 0 Å². The number of pyridine rings is 1. The number of amides is 1. The Morgan fingerprint density at radius 3 is 2.33 bits per heavy atom. The number of methoxy groups -OCH3 is 1. The summed E-state index contributed by atoms with van der Waals surface area (Å²) in [5.74, 6) is 1.35. The van der Waals surface area contributed by atoms with Crippen LogP contribution in [0.25, 0.3) is 10.9 Å². The first kappa shape index (κ1) is 24.5. The number of hydrogen-bond donors (Lipinski definition) is 2. The summed E-state index contributed by atoms with van der Waals surface area (Å²) < 4.78 is 5.23. The van der Waals surface area contributed by atoms with Gasteiger partial charge in [-0.3, -0.25) is 4.79 Å². The first-order valence-electron chi connectivity index (χ1n) is 12.0. The van der Waals surface area contributed by atoms with Gasteiger partial charge in [0.05, 0.1) is 18.2 Å². The molecule has 0 fully saturated rings. The third-order valence-electron chi connectivity index (χ3n) is 5.69. The van der Waals surface area contributed by atoms with Crippen molar-refractivity contribution >= 4 is 28.3 Å². The highest BCUT2D eigenvalue weighted by atomic mass is 16.5. The van der Waals surface area contributed by atoms with E-state index in [1.807, 2.05) is 54.6 Å². The van der Waals surface area contributed by atoms with Crippen molar-refractivity contribution in [2.24, 2.45) is 0 Å². The second kappa shape index (κ2) is 12.8. The highest BCUT2D eigenvalue weighted by molar-refractivity contribution is 6.07. The van der Waals surface area contributed by atoms with Crippen LogP contribution in [0.4, 0.5) is 11.5 Å². The summed E-state index contributed by atoms with van der Waals surface area (Å²) in [5.41, 5.74) is 2.30. The maximum absolute atomic E-state index is 13.2. The number of benzene rings is 2. The van der Waals surface area contributed by atoms with Crippen LogP contribution in [0.2, 0.25) is 0 Å². The zero-order valence-electron chi connectivity index (χ0n) is 20.1. The van der Waals surface area contributed by atoms with Crippen LogP contribution in [0, 0.1) is 0 Å². The minimum absolute atomic E-state index is 0.0719. The Morgan fingerprint density at radius 1 is 0.970 bits per heavy atom. The van der Waals surface area contributed by atoms with E-state index in [0.29, 0.717) is 17.9 Å². The van der Waals surface area contributed by atoms with E-state index < -0.39 is 0 Å². The van der Waals surface area contributed by atoms with Crippen molar-refractivity contribution < 1.29 is 9.53 Å². The molecule has 0 spiro atoms. The van der Waals surface area contributed by atoms with Crippen LogP contribution in [0.1, 0.15) is 49.9 Å². The molecule has 0 atom stereocenters. The summed E-state index contributed by atoms with van der Waals surface area (Å²) in [4.78, 5) is 20.3. The van der Waals surface area contributed by atoms with Gasteiger partial charge in [0.2, 0.25) is 0 Å². The third kappa shape index (κ3) is 7.19. The number of para-hydroxylation sites is 1. The molecule has 3 rings (SSSR count). The first-order valence-corrected chi connectivity index (χ1v) is 12.0. The third-order valence-corrected chi connectivity index (χ3v) is 5.69. The Hall–Kier alpha value is -3.12. The van der Waals surface area contributed by atoms with E-state index in [1.165, 1.54) is 25.7 Å². The van der Waals surface area contributed by atoms with Crippen molar-refractivity contribution in [3.8, 4) is 5.75 Å².